The number of rotatable bonds is 6. The monoisotopic (exact) mass is 267 g/mol. The zero-order valence-electron chi connectivity index (χ0n) is 9.13. The van der Waals surface area contributed by atoms with Gasteiger partial charge in [0.25, 0.3) is 0 Å². The highest BCUT2D eigenvalue weighted by Gasteiger charge is 2.05. The topological polar surface area (TPSA) is 21.3 Å². The van der Waals surface area contributed by atoms with Crippen molar-refractivity contribution in [1.29, 1.82) is 0 Å². The van der Waals surface area contributed by atoms with E-state index in [1.54, 1.807) is 19.2 Å². The van der Waals surface area contributed by atoms with Gasteiger partial charge in [-0.2, -0.15) is 0 Å². The van der Waals surface area contributed by atoms with Crippen molar-refractivity contribution in [3.8, 4) is 0 Å². The summed E-state index contributed by atoms with van der Waals surface area (Å²) in [6.45, 7) is 1.95. The average molecular weight is 268 g/mol. The molecule has 0 aromatic heterocycles. The number of methoxy groups -OCH3 is 1. The minimum absolute atomic E-state index is 0. The largest absolute Gasteiger partial charge is 0.385 e. The Bertz CT molecular complexity index is 290. The lowest BCUT2D eigenvalue weighted by Crippen LogP contribution is -2.17. The molecule has 1 aromatic rings. The van der Waals surface area contributed by atoms with Crippen molar-refractivity contribution in [3.63, 3.8) is 0 Å². The van der Waals surface area contributed by atoms with E-state index < -0.39 is 0 Å². The third kappa shape index (κ3) is 5.12. The minimum atomic E-state index is -0.262. The summed E-state index contributed by atoms with van der Waals surface area (Å²) in [5.41, 5.74) is 0.525. The van der Waals surface area contributed by atoms with Gasteiger partial charge in [0.2, 0.25) is 0 Å². The maximum atomic E-state index is 13.3. The fraction of sp³-hybridized carbons (Fsp3) is 0.455. The van der Waals surface area contributed by atoms with Gasteiger partial charge in [-0.15, -0.1) is 12.4 Å². The van der Waals surface area contributed by atoms with Crippen molar-refractivity contribution in [2.24, 2.45) is 0 Å². The second-order valence-corrected chi connectivity index (χ2v) is 3.63. The molecule has 0 radical (unpaired) electrons. The highest BCUT2D eigenvalue weighted by molar-refractivity contribution is 6.31. The molecule has 0 saturated heterocycles. The molecule has 0 atom stereocenters. The van der Waals surface area contributed by atoms with Crippen LogP contribution in [0.4, 0.5) is 4.39 Å². The van der Waals surface area contributed by atoms with Crippen molar-refractivity contribution >= 4 is 24.0 Å². The molecule has 0 bridgehead atoms. The zero-order chi connectivity index (χ0) is 11.1. The minimum Gasteiger partial charge on any atom is -0.385 e. The first-order valence-electron chi connectivity index (χ1n) is 4.88. The lowest BCUT2D eigenvalue weighted by atomic mass is 10.2. The van der Waals surface area contributed by atoms with Gasteiger partial charge in [-0.25, -0.2) is 4.39 Å². The summed E-state index contributed by atoms with van der Waals surface area (Å²) in [6, 6.07) is 4.71. The Kier molecular flexibility index (Phi) is 8.57. The Balaban J connectivity index is 0.00000225. The molecule has 2 nitrogen and oxygen atoms in total. The number of benzene rings is 1. The maximum Gasteiger partial charge on any atom is 0.129 e. The van der Waals surface area contributed by atoms with Crippen LogP contribution in [0.15, 0.2) is 18.2 Å². The molecule has 0 aliphatic rings. The molecule has 92 valence electrons. The Morgan fingerprint density at radius 2 is 2.19 bits per heavy atom. The summed E-state index contributed by atoms with van der Waals surface area (Å²) in [7, 11) is 1.66. The van der Waals surface area contributed by atoms with Gasteiger partial charge >= 0.3 is 0 Å². The van der Waals surface area contributed by atoms with Crippen molar-refractivity contribution in [2.75, 3.05) is 20.3 Å². The Morgan fingerprint density at radius 1 is 1.44 bits per heavy atom. The van der Waals surface area contributed by atoms with Crippen LogP contribution in [0.2, 0.25) is 5.02 Å². The van der Waals surface area contributed by atoms with Crippen LogP contribution in [-0.4, -0.2) is 20.3 Å². The first-order valence-corrected chi connectivity index (χ1v) is 5.26. The van der Waals surface area contributed by atoms with Crippen molar-refractivity contribution in [2.45, 2.75) is 13.0 Å². The second kappa shape index (κ2) is 8.76. The van der Waals surface area contributed by atoms with Gasteiger partial charge in [-0.1, -0.05) is 17.7 Å². The number of halogens is 3. The third-order valence-electron chi connectivity index (χ3n) is 2.07. The molecule has 0 spiro atoms. The van der Waals surface area contributed by atoms with Gasteiger partial charge in [0.05, 0.1) is 0 Å². The van der Waals surface area contributed by atoms with Crippen LogP contribution >= 0.6 is 24.0 Å². The van der Waals surface area contributed by atoms with Gasteiger partial charge in [0.15, 0.2) is 0 Å². The van der Waals surface area contributed by atoms with E-state index in [9.17, 15) is 4.39 Å². The standard InChI is InChI=1S/C11H15ClFNO.ClH/c1-15-7-3-6-14-8-9-10(12)4-2-5-11(9)13;/h2,4-5,14H,3,6-8H2,1H3;1H. The molecule has 0 aliphatic carbocycles. The van der Waals surface area contributed by atoms with Crippen LogP contribution in [0.3, 0.4) is 0 Å². The molecule has 0 amide bonds. The predicted octanol–water partition coefficient (Wildman–Crippen LogP) is 3.03. The summed E-state index contributed by atoms with van der Waals surface area (Å²) in [5.74, 6) is -0.262. The van der Waals surface area contributed by atoms with E-state index in [2.05, 4.69) is 5.32 Å². The first-order chi connectivity index (χ1) is 7.25. The first kappa shape index (κ1) is 15.7. The number of ether oxygens (including phenoxy) is 1. The molecular formula is C11H16Cl2FNO. The van der Waals surface area contributed by atoms with Crippen molar-refractivity contribution in [3.05, 3.63) is 34.6 Å². The normalized spacial score (nSPS) is 9.94. The van der Waals surface area contributed by atoms with E-state index in [1.807, 2.05) is 0 Å². The third-order valence-corrected chi connectivity index (χ3v) is 2.42. The van der Waals surface area contributed by atoms with Crippen LogP contribution in [-0.2, 0) is 11.3 Å². The zero-order valence-corrected chi connectivity index (χ0v) is 10.7. The number of nitrogens with one attached hydrogen (secondary N) is 1. The molecule has 0 aliphatic heterocycles. The second-order valence-electron chi connectivity index (χ2n) is 3.22. The van der Waals surface area contributed by atoms with Crippen LogP contribution in [0.5, 0.6) is 0 Å². The predicted molar refractivity (Wildman–Crippen MR) is 66.9 cm³/mol. The van der Waals surface area contributed by atoms with Gasteiger partial charge in [0.1, 0.15) is 5.82 Å². The highest BCUT2D eigenvalue weighted by Crippen LogP contribution is 2.18. The number of hydrogen-bond donors (Lipinski definition) is 1. The average Bonchev–Trinajstić information content (AvgIpc) is 2.21. The highest BCUT2D eigenvalue weighted by atomic mass is 35.5. The molecule has 0 heterocycles. The summed E-state index contributed by atoms with van der Waals surface area (Å²) in [6.07, 6.45) is 0.905. The molecule has 0 fully saturated rings. The smallest absolute Gasteiger partial charge is 0.129 e. The van der Waals surface area contributed by atoms with E-state index >= 15 is 0 Å². The lowest BCUT2D eigenvalue weighted by molar-refractivity contribution is 0.194. The molecule has 1 N–H and O–H groups in total. The Labute approximate surface area is 107 Å². The lowest BCUT2D eigenvalue weighted by Gasteiger charge is -2.07. The van der Waals surface area contributed by atoms with Crippen molar-refractivity contribution < 1.29 is 9.13 Å². The fourth-order valence-electron chi connectivity index (χ4n) is 1.26. The van der Waals surface area contributed by atoms with Gasteiger partial charge in [-0.05, 0) is 25.1 Å². The molecule has 1 rings (SSSR count). The van der Waals surface area contributed by atoms with E-state index in [4.69, 9.17) is 16.3 Å². The molecule has 16 heavy (non-hydrogen) atoms. The van der Waals surface area contributed by atoms with E-state index in [0.717, 1.165) is 13.0 Å². The maximum absolute atomic E-state index is 13.3. The summed E-state index contributed by atoms with van der Waals surface area (Å²) in [4.78, 5) is 0. The quantitative estimate of drug-likeness (QED) is 0.801. The van der Waals surface area contributed by atoms with E-state index in [-0.39, 0.29) is 18.2 Å². The number of hydrogen-bond acceptors (Lipinski definition) is 2. The summed E-state index contributed by atoms with van der Waals surface area (Å²) >= 11 is 5.86. The molecule has 1 aromatic carbocycles. The van der Waals surface area contributed by atoms with Gasteiger partial charge < -0.3 is 10.1 Å². The molecule has 0 unspecified atom stereocenters. The molecule has 5 heteroatoms. The Morgan fingerprint density at radius 3 is 2.81 bits per heavy atom. The Hall–Kier alpha value is -0.350. The molecular weight excluding hydrogens is 252 g/mol. The molecule has 0 saturated carbocycles. The van der Waals surface area contributed by atoms with Crippen LogP contribution in [0.1, 0.15) is 12.0 Å². The van der Waals surface area contributed by atoms with E-state index in [1.165, 1.54) is 6.07 Å². The van der Waals surface area contributed by atoms with E-state index in [0.29, 0.717) is 23.7 Å². The van der Waals surface area contributed by atoms with Crippen LogP contribution in [0, 0.1) is 5.82 Å². The van der Waals surface area contributed by atoms with Crippen LogP contribution in [0.25, 0.3) is 0 Å². The van der Waals surface area contributed by atoms with Gasteiger partial charge in [0, 0.05) is 30.8 Å². The van der Waals surface area contributed by atoms with Crippen molar-refractivity contribution in [1.82, 2.24) is 5.32 Å². The summed E-state index contributed by atoms with van der Waals surface area (Å²) < 4.78 is 18.2. The van der Waals surface area contributed by atoms with Crippen LogP contribution < -0.4 is 5.32 Å². The fourth-order valence-corrected chi connectivity index (χ4v) is 1.49. The van der Waals surface area contributed by atoms with Gasteiger partial charge in [-0.3, -0.25) is 0 Å². The summed E-state index contributed by atoms with van der Waals surface area (Å²) in [5, 5.41) is 3.58. The SMILES string of the molecule is COCCCNCc1c(F)cccc1Cl.Cl.